The summed E-state index contributed by atoms with van der Waals surface area (Å²) in [5, 5.41) is 26.9. The van der Waals surface area contributed by atoms with Gasteiger partial charge in [0.15, 0.2) is 0 Å². The Morgan fingerprint density at radius 1 is 0.586 bits per heavy atom. The average molecular weight is 957 g/mol. The monoisotopic (exact) mass is 957 g/mol. The Labute approximate surface area is 409 Å². The topological polar surface area (TPSA) is 190 Å². The van der Waals surface area contributed by atoms with Crippen LogP contribution in [0.2, 0.25) is 0 Å². The number of aromatic nitrogens is 2. The highest BCUT2D eigenvalue weighted by Crippen LogP contribution is 2.50. The Morgan fingerprint density at radius 3 is 1.29 bits per heavy atom. The molecule has 2 aromatic heterocycles. The zero-order valence-corrected chi connectivity index (χ0v) is 41.1. The van der Waals surface area contributed by atoms with E-state index in [0.29, 0.717) is 46.7 Å². The molecule has 4 bridgehead atoms. The van der Waals surface area contributed by atoms with Crippen molar-refractivity contribution >= 4 is 35.8 Å². The second kappa shape index (κ2) is 23.0. The van der Waals surface area contributed by atoms with E-state index in [1.54, 1.807) is 91.7 Å². The molecule has 4 N–H and O–H groups in total. The Hall–Kier alpha value is -6.46. The summed E-state index contributed by atoms with van der Waals surface area (Å²) >= 11 is 0. The van der Waals surface area contributed by atoms with Crippen molar-refractivity contribution in [2.75, 3.05) is 67.6 Å². The number of fused-ring (bicyclic) bond motifs is 8. The molecule has 0 saturated carbocycles. The Bertz CT molecular complexity index is 2500. The van der Waals surface area contributed by atoms with Crippen molar-refractivity contribution in [1.29, 1.82) is 0 Å². The van der Waals surface area contributed by atoms with Crippen LogP contribution in [0.3, 0.4) is 0 Å². The van der Waals surface area contributed by atoms with E-state index >= 15 is 0 Å². The summed E-state index contributed by atoms with van der Waals surface area (Å²) in [6, 6.07) is 22.9. The maximum atomic E-state index is 13.7. The van der Waals surface area contributed by atoms with Crippen LogP contribution in [-0.4, -0.2) is 142 Å². The van der Waals surface area contributed by atoms with Crippen LogP contribution in [0.4, 0.5) is 0 Å². The van der Waals surface area contributed by atoms with Gasteiger partial charge in [-0.15, -0.1) is 0 Å². The predicted molar refractivity (Wildman–Crippen MR) is 270 cm³/mol. The first-order valence-electron chi connectivity index (χ1n) is 24.3. The van der Waals surface area contributed by atoms with Gasteiger partial charge in [0.05, 0.1) is 36.0 Å². The first-order valence-corrected chi connectivity index (χ1v) is 24.3. The number of aliphatic hydroxyl groups excluding tert-OH is 2. The molecule has 0 aliphatic carbocycles. The molecule has 2 saturated heterocycles. The normalized spacial score (nSPS) is 23.1. The molecule has 8 rings (SSSR count). The fraction of sp³-hybridized carbons (Fsp3) is 0.444. The zero-order valence-electron chi connectivity index (χ0n) is 41.1. The highest BCUT2D eigenvalue weighted by atomic mass is 16.3. The number of nitrogens with zero attached hydrogens (tertiary/aromatic N) is 6. The molecule has 6 heterocycles. The summed E-state index contributed by atoms with van der Waals surface area (Å²) in [7, 11) is 7.92. The van der Waals surface area contributed by atoms with Crippen molar-refractivity contribution in [2.24, 2.45) is 23.7 Å². The van der Waals surface area contributed by atoms with Crippen LogP contribution in [0.1, 0.15) is 82.0 Å². The van der Waals surface area contributed by atoms with Crippen molar-refractivity contribution < 1.29 is 29.4 Å². The molecule has 8 atom stereocenters. The minimum absolute atomic E-state index is 0.147. The molecule has 70 heavy (non-hydrogen) atoms. The van der Waals surface area contributed by atoms with Gasteiger partial charge in [0.25, 0.3) is 22.9 Å². The number of amides is 4. The number of nitrogens with one attached hydrogen (secondary N) is 2. The van der Waals surface area contributed by atoms with Crippen LogP contribution in [0.5, 0.6) is 0 Å². The number of pyridine rings is 2. The fourth-order valence-corrected chi connectivity index (χ4v) is 10.9. The van der Waals surface area contributed by atoms with E-state index in [4.69, 9.17) is 0 Å². The molecular formula is C54H68N8O8. The zero-order chi connectivity index (χ0) is 50.2. The number of hydrogen-bond acceptors (Lipinski definition) is 10. The smallest absolute Gasteiger partial charge is 0.258 e. The SMILES string of the molecule is C/C=C/c1ccc2n(c1=O)C[C@@H]1[C@@H](CO)[C@H](C(=O)NCCCN(C)C)[C@H]2N1C(=O)c1ccccc1.C/C=C\c1ccc2n(c1=O)C[C@@H]1[C@@H](CO)[C@H](C(=O)NCCCN(C)C)[C@H]2N1C(=O)c1ccccc1. The van der Waals surface area contributed by atoms with E-state index in [-0.39, 0.29) is 61.1 Å². The summed E-state index contributed by atoms with van der Waals surface area (Å²) in [5.74, 6) is -3.05. The number of rotatable bonds is 16. The van der Waals surface area contributed by atoms with E-state index in [9.17, 15) is 39.0 Å². The predicted octanol–water partition coefficient (Wildman–Crippen LogP) is 3.51. The number of carbonyl (C=O) groups is 4. The summed E-state index contributed by atoms with van der Waals surface area (Å²) in [5.41, 5.74) is 3.13. The Kier molecular flexibility index (Phi) is 16.9. The van der Waals surface area contributed by atoms with Crippen molar-refractivity contribution in [3.8, 4) is 0 Å². The highest BCUT2D eigenvalue weighted by molar-refractivity contribution is 5.97. The van der Waals surface area contributed by atoms with Crippen LogP contribution in [0.15, 0.2) is 107 Å². The first-order chi connectivity index (χ1) is 33.8. The van der Waals surface area contributed by atoms with Gasteiger partial charge in [0.2, 0.25) is 11.8 Å². The van der Waals surface area contributed by atoms with E-state index in [0.717, 1.165) is 25.9 Å². The second-order valence-corrected chi connectivity index (χ2v) is 19.1. The molecule has 4 aromatic rings. The number of aliphatic hydroxyl groups is 2. The minimum atomic E-state index is -0.655. The van der Waals surface area contributed by atoms with Gasteiger partial charge in [-0.2, -0.15) is 0 Å². The van der Waals surface area contributed by atoms with Crippen LogP contribution < -0.4 is 21.8 Å². The number of hydrogen-bond donors (Lipinski definition) is 4. The molecule has 372 valence electrons. The molecule has 2 aromatic carbocycles. The third kappa shape index (κ3) is 10.4. The summed E-state index contributed by atoms with van der Waals surface area (Å²) in [6.07, 6.45) is 8.73. The fourth-order valence-electron chi connectivity index (χ4n) is 10.9. The van der Waals surface area contributed by atoms with Gasteiger partial charge in [-0.25, -0.2) is 0 Å². The van der Waals surface area contributed by atoms with Crippen molar-refractivity contribution in [1.82, 2.24) is 39.4 Å². The molecule has 4 amide bonds. The number of benzene rings is 2. The number of allylic oxidation sites excluding steroid dienone is 2. The summed E-state index contributed by atoms with van der Waals surface area (Å²) < 4.78 is 3.36. The minimum Gasteiger partial charge on any atom is -0.396 e. The highest BCUT2D eigenvalue weighted by Gasteiger charge is 2.59. The van der Waals surface area contributed by atoms with Gasteiger partial charge < -0.3 is 49.6 Å². The average Bonchev–Trinajstić information content (AvgIpc) is 3.75. The molecular weight excluding hydrogens is 889 g/mol. The second-order valence-electron chi connectivity index (χ2n) is 19.1. The lowest BCUT2D eigenvalue weighted by molar-refractivity contribution is -0.128. The molecule has 16 nitrogen and oxygen atoms in total. The number of carbonyl (C=O) groups excluding carboxylic acids is 4. The molecule has 4 aliphatic heterocycles. The summed E-state index contributed by atoms with van der Waals surface area (Å²) in [6.45, 7) is 6.37. The van der Waals surface area contributed by atoms with E-state index in [1.807, 2.05) is 78.5 Å². The maximum Gasteiger partial charge on any atom is 0.258 e. The van der Waals surface area contributed by atoms with Crippen LogP contribution in [-0.2, 0) is 22.7 Å². The van der Waals surface area contributed by atoms with Gasteiger partial charge in [0, 0.05) is 84.9 Å². The lowest BCUT2D eigenvalue weighted by Gasteiger charge is -2.38. The lowest BCUT2D eigenvalue weighted by atomic mass is 9.86. The van der Waals surface area contributed by atoms with Gasteiger partial charge in [-0.3, -0.25) is 28.8 Å². The van der Waals surface area contributed by atoms with Gasteiger partial charge in [-0.05, 0) is 117 Å². The van der Waals surface area contributed by atoms with E-state index in [2.05, 4.69) is 20.4 Å². The van der Waals surface area contributed by atoms with Crippen molar-refractivity contribution in [3.63, 3.8) is 0 Å². The van der Waals surface area contributed by atoms with Gasteiger partial charge >= 0.3 is 0 Å². The maximum absolute atomic E-state index is 13.7. The van der Waals surface area contributed by atoms with Crippen LogP contribution in [0, 0.1) is 23.7 Å². The third-order valence-electron chi connectivity index (χ3n) is 14.1. The largest absolute Gasteiger partial charge is 0.396 e. The molecule has 0 spiro atoms. The van der Waals surface area contributed by atoms with Crippen molar-refractivity contribution in [3.05, 3.63) is 151 Å². The van der Waals surface area contributed by atoms with Gasteiger partial charge in [0.1, 0.15) is 0 Å². The van der Waals surface area contributed by atoms with Crippen LogP contribution >= 0.6 is 0 Å². The first kappa shape index (κ1) is 51.4. The Morgan fingerprint density at radius 2 is 0.957 bits per heavy atom. The molecule has 0 radical (unpaired) electrons. The Balaban J connectivity index is 0.000000206. The molecule has 4 aliphatic rings. The van der Waals surface area contributed by atoms with E-state index in [1.165, 1.54) is 0 Å². The lowest BCUT2D eigenvalue weighted by Crippen LogP contribution is -2.49. The molecule has 16 heteroatoms. The van der Waals surface area contributed by atoms with E-state index < -0.39 is 47.8 Å². The summed E-state index contributed by atoms with van der Waals surface area (Å²) in [4.78, 5) is 88.5. The third-order valence-corrected chi connectivity index (χ3v) is 14.1. The van der Waals surface area contributed by atoms with Gasteiger partial charge in [-0.1, -0.05) is 60.7 Å². The standard InChI is InChI=1S/2C27H34N4O4/c2*1-4-9-18-12-13-21-24-23(25(33)28-14-8-15-29(2)3)20(17-32)22(16-30(21)26(18)34)31(24)27(35)19-10-6-5-7-11-19/h2*4-7,9-13,20,22-24,32H,8,14-17H2,1-3H3,(H,28,33)/b9-4+;9-4-/t2*20-,22-,23+,24+/m11/s1. The van der Waals surface area contributed by atoms with Crippen LogP contribution in [0.25, 0.3) is 12.2 Å². The van der Waals surface area contributed by atoms with Crippen molar-refractivity contribution in [2.45, 2.75) is 63.9 Å². The molecule has 0 unspecified atom stereocenters. The molecule has 2 fully saturated rings. The quantitative estimate of drug-likeness (QED) is 0.121.